The van der Waals surface area contributed by atoms with E-state index in [0.717, 1.165) is 42.4 Å². The van der Waals surface area contributed by atoms with Gasteiger partial charge in [0.25, 0.3) is 0 Å². The average Bonchev–Trinajstić information content (AvgIpc) is 2.76. The predicted molar refractivity (Wildman–Crippen MR) is 126 cm³/mol. The van der Waals surface area contributed by atoms with Gasteiger partial charge >= 0.3 is 0 Å². The first kappa shape index (κ1) is 23.6. The standard InChI is InChI=1S/C25H30Cl2N2O2/c1-17-8-10-19(11-9-17)15-24(30)29(16-20-12-13-22(26)23(27)14-20)18(2)25(31)28-21-6-4-3-5-7-21/h8-14,18,21H,3-7,15-16H2,1-2H3,(H,28,31)/t18-/m0/s1. The van der Waals surface area contributed by atoms with Crippen LogP contribution in [-0.2, 0) is 22.6 Å². The van der Waals surface area contributed by atoms with E-state index in [1.54, 1.807) is 24.0 Å². The molecule has 4 nitrogen and oxygen atoms in total. The van der Waals surface area contributed by atoms with Crippen molar-refractivity contribution in [3.63, 3.8) is 0 Å². The van der Waals surface area contributed by atoms with Crippen LogP contribution in [0.15, 0.2) is 42.5 Å². The molecular formula is C25H30Cl2N2O2. The van der Waals surface area contributed by atoms with Gasteiger partial charge in [0, 0.05) is 12.6 Å². The van der Waals surface area contributed by atoms with Gasteiger partial charge in [0.2, 0.25) is 11.8 Å². The zero-order valence-electron chi connectivity index (χ0n) is 18.2. The Morgan fingerprint density at radius 2 is 1.65 bits per heavy atom. The van der Waals surface area contributed by atoms with Crippen molar-refractivity contribution in [3.05, 3.63) is 69.2 Å². The number of nitrogens with zero attached hydrogens (tertiary/aromatic N) is 1. The second-order valence-electron chi connectivity index (χ2n) is 8.45. The Morgan fingerprint density at radius 3 is 2.29 bits per heavy atom. The number of carbonyl (C=O) groups excluding carboxylic acids is 2. The molecule has 0 unspecified atom stereocenters. The normalized spacial score (nSPS) is 15.4. The molecule has 1 aliphatic rings. The molecule has 0 radical (unpaired) electrons. The number of rotatable bonds is 7. The fraction of sp³-hybridized carbons (Fsp3) is 0.440. The van der Waals surface area contributed by atoms with E-state index in [9.17, 15) is 9.59 Å². The molecule has 1 saturated carbocycles. The molecule has 1 atom stereocenters. The minimum Gasteiger partial charge on any atom is -0.352 e. The molecule has 1 fully saturated rings. The molecular weight excluding hydrogens is 431 g/mol. The van der Waals surface area contributed by atoms with Crippen molar-refractivity contribution in [2.75, 3.05) is 0 Å². The zero-order chi connectivity index (χ0) is 22.4. The molecule has 2 aromatic rings. The number of aryl methyl sites for hydroxylation is 1. The molecule has 0 spiro atoms. The van der Waals surface area contributed by atoms with Crippen LogP contribution < -0.4 is 5.32 Å². The Labute approximate surface area is 194 Å². The summed E-state index contributed by atoms with van der Waals surface area (Å²) in [6, 6.07) is 12.8. The molecule has 166 valence electrons. The Morgan fingerprint density at radius 1 is 1.00 bits per heavy atom. The molecule has 0 bridgehead atoms. The summed E-state index contributed by atoms with van der Waals surface area (Å²) in [5.74, 6) is -0.203. The average molecular weight is 461 g/mol. The monoisotopic (exact) mass is 460 g/mol. The maximum Gasteiger partial charge on any atom is 0.242 e. The van der Waals surface area contributed by atoms with Gasteiger partial charge in [-0.2, -0.15) is 0 Å². The van der Waals surface area contributed by atoms with E-state index in [4.69, 9.17) is 23.2 Å². The minimum absolute atomic E-state index is 0.0961. The Balaban J connectivity index is 1.77. The largest absolute Gasteiger partial charge is 0.352 e. The van der Waals surface area contributed by atoms with Crippen LogP contribution in [0.5, 0.6) is 0 Å². The highest BCUT2D eigenvalue weighted by Gasteiger charge is 2.28. The third-order valence-corrected chi connectivity index (χ3v) is 6.67. The van der Waals surface area contributed by atoms with Crippen molar-refractivity contribution in [2.45, 2.75) is 71.0 Å². The van der Waals surface area contributed by atoms with Crippen molar-refractivity contribution in [2.24, 2.45) is 0 Å². The van der Waals surface area contributed by atoms with Crippen molar-refractivity contribution < 1.29 is 9.59 Å². The third kappa shape index (κ3) is 6.72. The lowest BCUT2D eigenvalue weighted by atomic mass is 9.95. The summed E-state index contributed by atoms with van der Waals surface area (Å²) in [4.78, 5) is 27.9. The third-order valence-electron chi connectivity index (χ3n) is 5.93. The summed E-state index contributed by atoms with van der Waals surface area (Å²) in [5.41, 5.74) is 2.91. The van der Waals surface area contributed by atoms with Crippen LogP contribution >= 0.6 is 23.2 Å². The van der Waals surface area contributed by atoms with Crippen LogP contribution in [0.3, 0.4) is 0 Å². The van der Waals surface area contributed by atoms with Crippen LogP contribution in [0, 0.1) is 6.92 Å². The van der Waals surface area contributed by atoms with Crippen LogP contribution in [0.25, 0.3) is 0 Å². The molecule has 31 heavy (non-hydrogen) atoms. The van der Waals surface area contributed by atoms with Crippen LogP contribution in [0.4, 0.5) is 0 Å². The van der Waals surface area contributed by atoms with Gasteiger partial charge in [0.15, 0.2) is 0 Å². The van der Waals surface area contributed by atoms with E-state index in [1.165, 1.54) is 6.42 Å². The summed E-state index contributed by atoms with van der Waals surface area (Å²) < 4.78 is 0. The Bertz CT molecular complexity index is 908. The van der Waals surface area contributed by atoms with Crippen LogP contribution in [0.1, 0.15) is 55.7 Å². The van der Waals surface area contributed by atoms with Crippen LogP contribution in [0.2, 0.25) is 10.0 Å². The van der Waals surface area contributed by atoms with Gasteiger partial charge in [-0.25, -0.2) is 0 Å². The summed E-state index contributed by atoms with van der Waals surface area (Å²) in [6.07, 6.45) is 5.74. The summed E-state index contributed by atoms with van der Waals surface area (Å²) in [7, 11) is 0. The Hall–Kier alpha value is -2.04. The second-order valence-corrected chi connectivity index (χ2v) is 9.27. The van der Waals surface area contributed by atoms with Gasteiger partial charge in [-0.1, -0.05) is 78.4 Å². The van der Waals surface area contributed by atoms with Crippen molar-refractivity contribution >= 4 is 35.0 Å². The smallest absolute Gasteiger partial charge is 0.242 e. The van der Waals surface area contributed by atoms with E-state index in [-0.39, 0.29) is 24.3 Å². The van der Waals surface area contributed by atoms with E-state index in [2.05, 4.69) is 5.32 Å². The molecule has 0 heterocycles. The fourth-order valence-electron chi connectivity index (χ4n) is 3.97. The molecule has 1 aliphatic carbocycles. The van der Waals surface area contributed by atoms with Crippen molar-refractivity contribution in [1.29, 1.82) is 0 Å². The highest BCUT2D eigenvalue weighted by atomic mass is 35.5. The number of hydrogen-bond acceptors (Lipinski definition) is 2. The molecule has 0 aliphatic heterocycles. The summed E-state index contributed by atoms with van der Waals surface area (Å²) in [6.45, 7) is 4.10. The Kier molecular flexibility index (Phi) is 8.39. The van der Waals surface area contributed by atoms with Gasteiger partial charge in [0.05, 0.1) is 16.5 Å². The van der Waals surface area contributed by atoms with Gasteiger partial charge in [-0.05, 0) is 49.9 Å². The molecule has 6 heteroatoms. The number of benzene rings is 2. The lowest BCUT2D eigenvalue weighted by Crippen LogP contribution is -2.50. The van der Waals surface area contributed by atoms with E-state index >= 15 is 0 Å². The molecule has 0 saturated heterocycles. The SMILES string of the molecule is Cc1ccc(CC(=O)N(Cc2ccc(Cl)c(Cl)c2)[C@@H](C)C(=O)NC2CCCCC2)cc1. The van der Waals surface area contributed by atoms with Crippen LogP contribution in [-0.4, -0.2) is 28.8 Å². The number of carbonyl (C=O) groups is 2. The highest BCUT2D eigenvalue weighted by Crippen LogP contribution is 2.24. The number of nitrogens with one attached hydrogen (secondary N) is 1. The van der Waals surface area contributed by atoms with Crippen molar-refractivity contribution in [1.82, 2.24) is 10.2 Å². The maximum atomic E-state index is 13.3. The molecule has 2 amide bonds. The van der Waals surface area contributed by atoms with Gasteiger partial charge < -0.3 is 10.2 Å². The summed E-state index contributed by atoms with van der Waals surface area (Å²) in [5, 5.41) is 4.05. The molecule has 1 N–H and O–H groups in total. The lowest BCUT2D eigenvalue weighted by molar-refractivity contribution is -0.140. The first-order chi connectivity index (χ1) is 14.8. The molecule has 2 aromatic carbocycles. The lowest BCUT2D eigenvalue weighted by Gasteiger charge is -2.31. The van der Waals surface area contributed by atoms with E-state index < -0.39 is 6.04 Å². The first-order valence-electron chi connectivity index (χ1n) is 10.9. The first-order valence-corrected chi connectivity index (χ1v) is 11.7. The number of hydrogen-bond donors (Lipinski definition) is 1. The van der Waals surface area contributed by atoms with Gasteiger partial charge in [-0.3, -0.25) is 9.59 Å². The van der Waals surface area contributed by atoms with E-state index in [0.29, 0.717) is 16.6 Å². The van der Waals surface area contributed by atoms with E-state index in [1.807, 2.05) is 37.3 Å². The molecule has 0 aromatic heterocycles. The second kappa shape index (κ2) is 11.0. The fourth-order valence-corrected chi connectivity index (χ4v) is 4.29. The van der Waals surface area contributed by atoms with Gasteiger partial charge in [0.1, 0.15) is 6.04 Å². The maximum absolute atomic E-state index is 13.3. The predicted octanol–water partition coefficient (Wildman–Crippen LogP) is 5.71. The highest BCUT2D eigenvalue weighted by molar-refractivity contribution is 6.42. The topological polar surface area (TPSA) is 49.4 Å². The van der Waals surface area contributed by atoms with Crippen molar-refractivity contribution in [3.8, 4) is 0 Å². The number of halogens is 2. The molecule has 3 rings (SSSR count). The number of amides is 2. The van der Waals surface area contributed by atoms with Gasteiger partial charge in [-0.15, -0.1) is 0 Å². The quantitative estimate of drug-likeness (QED) is 0.574. The minimum atomic E-state index is -0.589. The zero-order valence-corrected chi connectivity index (χ0v) is 19.7. The summed E-state index contributed by atoms with van der Waals surface area (Å²) >= 11 is 12.2.